The number of urea groups is 1. The van der Waals surface area contributed by atoms with Gasteiger partial charge in [-0.2, -0.15) is 5.10 Å². The van der Waals surface area contributed by atoms with Crippen LogP contribution in [0.1, 0.15) is 17.9 Å². The quantitative estimate of drug-likeness (QED) is 0.572. The fraction of sp³-hybridized carbons (Fsp3) is 0.261. The molecule has 1 spiro atoms. The lowest BCUT2D eigenvalue weighted by Crippen LogP contribution is -2.62. The Hall–Kier alpha value is -3.61. The van der Waals surface area contributed by atoms with Crippen LogP contribution in [0.25, 0.3) is 22.2 Å². The second-order valence-electron chi connectivity index (χ2n) is 8.18. The molecule has 7 heteroatoms. The molecule has 7 nitrogen and oxygen atoms in total. The number of hydrogen-bond acceptors (Lipinski definition) is 4. The van der Waals surface area contributed by atoms with Crippen molar-refractivity contribution in [2.24, 2.45) is 0 Å². The molecule has 30 heavy (non-hydrogen) atoms. The summed E-state index contributed by atoms with van der Waals surface area (Å²) in [6.45, 7) is 2.74. The van der Waals surface area contributed by atoms with Crippen LogP contribution in [0.4, 0.5) is 4.79 Å². The van der Waals surface area contributed by atoms with Gasteiger partial charge >= 0.3 is 6.03 Å². The molecule has 1 aromatic carbocycles. The molecule has 2 aliphatic heterocycles. The summed E-state index contributed by atoms with van der Waals surface area (Å²) in [5.74, 6) is 0.756. The smallest absolute Gasteiger partial charge is 0.317 e. The van der Waals surface area contributed by atoms with E-state index in [4.69, 9.17) is 9.52 Å². The predicted molar refractivity (Wildman–Crippen MR) is 112 cm³/mol. The van der Waals surface area contributed by atoms with Gasteiger partial charge in [0, 0.05) is 47.9 Å². The molecule has 4 aromatic rings. The first-order valence-corrected chi connectivity index (χ1v) is 10.2. The molecule has 0 aliphatic carbocycles. The van der Waals surface area contributed by atoms with Gasteiger partial charge in [-0.3, -0.25) is 9.67 Å². The standard InChI is InChI=1S/C23H21N5O2/c29-22(25-13-18-5-3-9-30-18)27-14-23(15-27)7-8-28-21(23)11-20(26-28)17-10-16-4-1-2-6-19(16)24-12-17/h1-6,9-12H,7-8,13-15H2,(H,25,29). The van der Waals surface area contributed by atoms with Crippen molar-refractivity contribution in [1.82, 2.24) is 25.0 Å². The van der Waals surface area contributed by atoms with E-state index in [9.17, 15) is 4.79 Å². The number of fused-ring (bicyclic) bond motifs is 3. The van der Waals surface area contributed by atoms with E-state index < -0.39 is 0 Å². The van der Waals surface area contributed by atoms with Crippen molar-refractivity contribution >= 4 is 16.9 Å². The molecule has 1 saturated heterocycles. The highest BCUT2D eigenvalue weighted by Gasteiger charge is 2.51. The Morgan fingerprint density at radius 3 is 2.93 bits per heavy atom. The number of rotatable bonds is 3. The van der Waals surface area contributed by atoms with E-state index in [1.54, 1.807) is 6.26 Å². The minimum absolute atomic E-state index is 0.0115. The van der Waals surface area contributed by atoms with Crippen LogP contribution >= 0.6 is 0 Å². The lowest BCUT2D eigenvalue weighted by Gasteiger charge is -2.47. The number of hydrogen-bond donors (Lipinski definition) is 1. The van der Waals surface area contributed by atoms with Gasteiger partial charge in [0.15, 0.2) is 0 Å². The van der Waals surface area contributed by atoms with Gasteiger partial charge in [0.2, 0.25) is 0 Å². The third-order valence-electron chi connectivity index (χ3n) is 6.28. The van der Waals surface area contributed by atoms with Gasteiger partial charge in [0.05, 0.1) is 24.0 Å². The lowest BCUT2D eigenvalue weighted by molar-refractivity contribution is 0.0916. The highest BCUT2D eigenvalue weighted by Crippen LogP contribution is 2.43. The van der Waals surface area contributed by atoms with E-state index in [-0.39, 0.29) is 11.4 Å². The maximum Gasteiger partial charge on any atom is 0.317 e. The van der Waals surface area contributed by atoms with E-state index in [0.717, 1.165) is 54.0 Å². The van der Waals surface area contributed by atoms with Crippen LogP contribution in [0.15, 0.2) is 65.4 Å². The van der Waals surface area contributed by atoms with Crippen molar-refractivity contribution in [3.05, 3.63) is 72.4 Å². The minimum Gasteiger partial charge on any atom is -0.467 e. The summed E-state index contributed by atoms with van der Waals surface area (Å²) >= 11 is 0. The van der Waals surface area contributed by atoms with Crippen LogP contribution in [-0.2, 0) is 18.5 Å². The first kappa shape index (κ1) is 17.3. The Morgan fingerprint density at radius 2 is 2.07 bits per heavy atom. The summed E-state index contributed by atoms with van der Waals surface area (Å²) in [5, 5.41) is 8.87. The molecule has 2 amide bonds. The number of aromatic nitrogens is 3. The number of furan rings is 1. The second kappa shape index (κ2) is 6.45. The number of carbonyl (C=O) groups excluding carboxylic acids is 1. The Labute approximate surface area is 173 Å². The van der Waals surface area contributed by atoms with Gasteiger partial charge in [-0.15, -0.1) is 0 Å². The molecule has 150 valence electrons. The van der Waals surface area contributed by atoms with E-state index >= 15 is 0 Å². The maximum absolute atomic E-state index is 12.5. The van der Waals surface area contributed by atoms with E-state index in [1.807, 2.05) is 41.4 Å². The van der Waals surface area contributed by atoms with Crippen molar-refractivity contribution in [2.75, 3.05) is 13.1 Å². The fourth-order valence-corrected chi connectivity index (χ4v) is 4.65. The number of amides is 2. The molecule has 3 aromatic heterocycles. The van der Waals surface area contributed by atoms with Crippen LogP contribution < -0.4 is 5.32 Å². The van der Waals surface area contributed by atoms with E-state index in [0.29, 0.717) is 6.54 Å². The van der Waals surface area contributed by atoms with Gasteiger partial charge in [-0.25, -0.2) is 4.79 Å². The largest absolute Gasteiger partial charge is 0.467 e. The Balaban J connectivity index is 1.19. The first-order chi connectivity index (χ1) is 14.7. The first-order valence-electron chi connectivity index (χ1n) is 10.2. The molecule has 0 unspecified atom stereocenters. The minimum atomic E-state index is -0.0473. The molecule has 0 saturated carbocycles. The van der Waals surface area contributed by atoms with Crippen LogP contribution in [0, 0.1) is 0 Å². The topological polar surface area (TPSA) is 76.2 Å². The molecule has 0 atom stereocenters. The predicted octanol–water partition coefficient (Wildman–Crippen LogP) is 3.56. The monoisotopic (exact) mass is 399 g/mol. The van der Waals surface area contributed by atoms with Crippen LogP contribution in [-0.4, -0.2) is 38.8 Å². The number of benzene rings is 1. The highest BCUT2D eigenvalue weighted by molar-refractivity contribution is 5.83. The number of aryl methyl sites for hydroxylation is 1. The SMILES string of the molecule is O=C(NCc1ccco1)N1CC2(CCn3nc(-c4cnc5ccccc5c4)cc32)C1. The van der Waals surface area contributed by atoms with E-state index in [1.165, 1.54) is 5.69 Å². The Bertz CT molecular complexity index is 1240. The van der Waals surface area contributed by atoms with Gasteiger partial charge in [0.1, 0.15) is 5.76 Å². The zero-order valence-corrected chi connectivity index (χ0v) is 16.4. The van der Waals surface area contributed by atoms with Crippen molar-refractivity contribution in [3.8, 4) is 11.3 Å². The van der Waals surface area contributed by atoms with E-state index in [2.05, 4.69) is 33.2 Å². The van der Waals surface area contributed by atoms with Crippen molar-refractivity contribution in [2.45, 2.75) is 24.9 Å². The molecule has 0 bridgehead atoms. The number of para-hydroxylation sites is 1. The summed E-state index contributed by atoms with van der Waals surface area (Å²) in [6, 6.07) is 16.1. The average molecular weight is 399 g/mol. The van der Waals surface area contributed by atoms with Crippen LogP contribution in [0.5, 0.6) is 0 Å². The summed E-state index contributed by atoms with van der Waals surface area (Å²) in [4.78, 5) is 18.9. The number of nitrogens with one attached hydrogen (secondary N) is 1. The third-order valence-corrected chi connectivity index (χ3v) is 6.28. The van der Waals surface area contributed by atoms with Gasteiger partial charge < -0.3 is 14.6 Å². The highest BCUT2D eigenvalue weighted by atomic mass is 16.3. The van der Waals surface area contributed by atoms with Crippen molar-refractivity contribution in [3.63, 3.8) is 0 Å². The molecule has 2 aliphatic rings. The molecule has 5 heterocycles. The van der Waals surface area contributed by atoms with Crippen molar-refractivity contribution < 1.29 is 9.21 Å². The van der Waals surface area contributed by atoms with Crippen LogP contribution in [0.2, 0.25) is 0 Å². The second-order valence-corrected chi connectivity index (χ2v) is 8.18. The number of pyridine rings is 1. The fourth-order valence-electron chi connectivity index (χ4n) is 4.65. The van der Waals surface area contributed by atoms with Gasteiger partial charge in [-0.05, 0) is 36.8 Å². The Kier molecular flexibility index (Phi) is 3.71. The number of likely N-dealkylation sites (tertiary alicyclic amines) is 1. The van der Waals surface area contributed by atoms with Gasteiger partial charge in [-0.1, -0.05) is 18.2 Å². The summed E-state index contributed by atoms with van der Waals surface area (Å²) in [7, 11) is 0. The third kappa shape index (κ3) is 2.69. The lowest BCUT2D eigenvalue weighted by atomic mass is 9.76. The zero-order chi connectivity index (χ0) is 20.1. The normalized spacial score (nSPS) is 16.6. The van der Waals surface area contributed by atoms with Crippen molar-refractivity contribution in [1.29, 1.82) is 0 Å². The molecule has 1 N–H and O–H groups in total. The summed E-state index contributed by atoms with van der Waals surface area (Å²) in [6.07, 6.45) is 4.53. The number of carbonyl (C=O) groups is 1. The summed E-state index contributed by atoms with van der Waals surface area (Å²) < 4.78 is 7.38. The molecular weight excluding hydrogens is 378 g/mol. The molecular formula is C23H21N5O2. The number of nitrogens with zero attached hydrogens (tertiary/aromatic N) is 4. The molecule has 0 radical (unpaired) electrons. The Morgan fingerprint density at radius 1 is 1.17 bits per heavy atom. The van der Waals surface area contributed by atoms with Crippen LogP contribution in [0.3, 0.4) is 0 Å². The average Bonchev–Trinajstić information content (AvgIpc) is 3.47. The molecule has 6 rings (SSSR count). The molecule has 1 fully saturated rings. The maximum atomic E-state index is 12.5. The summed E-state index contributed by atoms with van der Waals surface area (Å²) in [5.41, 5.74) is 4.19. The zero-order valence-electron chi connectivity index (χ0n) is 16.4. The van der Waals surface area contributed by atoms with Gasteiger partial charge in [0.25, 0.3) is 0 Å².